The van der Waals surface area contributed by atoms with Crippen LogP contribution in [-0.4, -0.2) is 29.3 Å². The molecule has 0 spiro atoms. The van der Waals surface area contributed by atoms with E-state index in [4.69, 9.17) is 0 Å². The van der Waals surface area contributed by atoms with Crippen LogP contribution in [0, 0.1) is 6.92 Å². The van der Waals surface area contributed by atoms with Crippen molar-refractivity contribution in [1.29, 1.82) is 0 Å². The molecule has 0 saturated carbocycles. The normalized spacial score (nSPS) is 11.7. The Labute approximate surface area is 163 Å². The van der Waals surface area contributed by atoms with E-state index in [0.29, 0.717) is 13.1 Å². The van der Waals surface area contributed by atoms with Gasteiger partial charge in [0.1, 0.15) is 6.04 Å². The third-order valence-electron chi connectivity index (χ3n) is 4.24. The van der Waals surface area contributed by atoms with Crippen molar-refractivity contribution < 1.29 is 9.59 Å². The van der Waals surface area contributed by atoms with Crippen LogP contribution >= 0.6 is 15.9 Å². The summed E-state index contributed by atoms with van der Waals surface area (Å²) in [6.45, 7) is 6.60. The monoisotopic (exact) mass is 416 g/mol. The zero-order chi connectivity index (χ0) is 19.1. The lowest BCUT2D eigenvalue weighted by atomic mass is 10.1. The molecule has 0 aliphatic heterocycles. The van der Waals surface area contributed by atoms with Crippen LogP contribution in [0.1, 0.15) is 30.5 Å². The molecule has 4 nitrogen and oxygen atoms in total. The highest BCUT2D eigenvalue weighted by molar-refractivity contribution is 9.10. The highest BCUT2D eigenvalue weighted by atomic mass is 79.9. The summed E-state index contributed by atoms with van der Waals surface area (Å²) in [5, 5.41) is 2.81. The first-order chi connectivity index (χ1) is 12.4. The topological polar surface area (TPSA) is 49.4 Å². The van der Waals surface area contributed by atoms with Gasteiger partial charge in [-0.3, -0.25) is 9.59 Å². The lowest BCUT2D eigenvalue weighted by Gasteiger charge is -2.29. The maximum absolute atomic E-state index is 13.0. The van der Waals surface area contributed by atoms with Crippen molar-refractivity contribution >= 4 is 27.7 Å². The smallest absolute Gasteiger partial charge is 0.242 e. The Hall–Kier alpha value is -2.14. The molecule has 0 aromatic heterocycles. The van der Waals surface area contributed by atoms with Gasteiger partial charge in [-0.1, -0.05) is 57.9 Å². The fourth-order valence-corrected chi connectivity index (χ4v) is 3.17. The minimum absolute atomic E-state index is 0.0624. The fourth-order valence-electron chi connectivity index (χ4n) is 2.72. The Morgan fingerprint density at radius 2 is 1.81 bits per heavy atom. The molecule has 0 saturated heterocycles. The van der Waals surface area contributed by atoms with E-state index in [-0.39, 0.29) is 18.2 Å². The molecule has 0 aliphatic carbocycles. The summed E-state index contributed by atoms with van der Waals surface area (Å²) < 4.78 is 0.951. The highest BCUT2D eigenvalue weighted by Crippen LogP contribution is 2.16. The van der Waals surface area contributed by atoms with Crippen molar-refractivity contribution in [1.82, 2.24) is 10.2 Å². The van der Waals surface area contributed by atoms with Crippen LogP contribution in [0.4, 0.5) is 0 Å². The number of nitrogens with one attached hydrogen (secondary N) is 1. The van der Waals surface area contributed by atoms with Gasteiger partial charge < -0.3 is 10.2 Å². The molecule has 0 fully saturated rings. The number of carbonyl (C=O) groups excluding carboxylic acids is 2. The maximum Gasteiger partial charge on any atom is 0.242 e. The first-order valence-corrected chi connectivity index (χ1v) is 9.57. The third kappa shape index (κ3) is 5.70. The van der Waals surface area contributed by atoms with Gasteiger partial charge in [-0.15, -0.1) is 0 Å². The van der Waals surface area contributed by atoms with E-state index in [1.54, 1.807) is 11.8 Å². The molecule has 138 valence electrons. The van der Waals surface area contributed by atoms with E-state index in [9.17, 15) is 9.59 Å². The summed E-state index contributed by atoms with van der Waals surface area (Å²) in [7, 11) is 0. The second-order valence-electron chi connectivity index (χ2n) is 6.38. The zero-order valence-electron chi connectivity index (χ0n) is 15.5. The van der Waals surface area contributed by atoms with Crippen molar-refractivity contribution in [2.75, 3.05) is 6.54 Å². The van der Waals surface area contributed by atoms with Crippen LogP contribution in [0.2, 0.25) is 0 Å². The third-order valence-corrected chi connectivity index (χ3v) is 4.73. The van der Waals surface area contributed by atoms with Crippen molar-refractivity contribution in [3.05, 3.63) is 69.7 Å². The maximum atomic E-state index is 13.0. The number of amides is 2. The van der Waals surface area contributed by atoms with E-state index < -0.39 is 6.04 Å². The van der Waals surface area contributed by atoms with Gasteiger partial charge >= 0.3 is 0 Å². The molecular formula is C21H25BrN2O2. The average molecular weight is 417 g/mol. The van der Waals surface area contributed by atoms with Gasteiger partial charge in [-0.05, 0) is 44.0 Å². The number of aryl methyl sites for hydroxylation is 1. The minimum atomic E-state index is -0.535. The Kier molecular flexibility index (Phi) is 7.39. The van der Waals surface area contributed by atoms with Gasteiger partial charge in [-0.25, -0.2) is 0 Å². The fraction of sp³-hybridized carbons (Fsp3) is 0.333. The molecule has 1 atom stereocenters. The summed E-state index contributed by atoms with van der Waals surface area (Å²) >= 11 is 3.46. The van der Waals surface area contributed by atoms with Gasteiger partial charge in [0.25, 0.3) is 0 Å². The predicted molar refractivity (Wildman–Crippen MR) is 108 cm³/mol. The second kappa shape index (κ2) is 9.53. The predicted octanol–water partition coefficient (Wildman–Crippen LogP) is 3.85. The minimum Gasteiger partial charge on any atom is -0.355 e. The first kappa shape index (κ1) is 20.2. The van der Waals surface area contributed by atoms with Crippen LogP contribution in [-0.2, 0) is 22.6 Å². The molecule has 2 aromatic rings. The Morgan fingerprint density at radius 3 is 2.42 bits per heavy atom. The molecule has 0 aliphatic rings. The van der Waals surface area contributed by atoms with Crippen molar-refractivity contribution in [3.8, 4) is 0 Å². The number of rotatable bonds is 7. The van der Waals surface area contributed by atoms with E-state index in [0.717, 1.165) is 21.2 Å². The molecule has 0 heterocycles. The number of carbonyl (C=O) groups is 2. The molecule has 2 rings (SSSR count). The quantitative estimate of drug-likeness (QED) is 0.744. The second-order valence-corrected chi connectivity index (χ2v) is 7.30. The Bertz CT molecular complexity index is 759. The van der Waals surface area contributed by atoms with Gasteiger partial charge in [0.2, 0.25) is 11.8 Å². The molecular weight excluding hydrogens is 392 g/mol. The number of nitrogens with zero attached hydrogens (tertiary/aromatic N) is 1. The number of likely N-dealkylation sites (N-methyl/N-ethyl adjacent to an activating group) is 1. The molecule has 0 bridgehead atoms. The molecule has 0 radical (unpaired) electrons. The van der Waals surface area contributed by atoms with Crippen LogP contribution in [0.15, 0.2) is 53.0 Å². The number of hydrogen-bond acceptors (Lipinski definition) is 2. The van der Waals surface area contributed by atoms with Gasteiger partial charge in [0.05, 0.1) is 6.42 Å². The molecule has 2 amide bonds. The van der Waals surface area contributed by atoms with Crippen molar-refractivity contribution in [2.24, 2.45) is 0 Å². The van der Waals surface area contributed by atoms with E-state index in [1.807, 2.05) is 62.4 Å². The van der Waals surface area contributed by atoms with Crippen LogP contribution in [0.3, 0.4) is 0 Å². The van der Waals surface area contributed by atoms with Crippen LogP contribution in [0.25, 0.3) is 0 Å². The number of benzene rings is 2. The van der Waals surface area contributed by atoms with Gasteiger partial charge in [0.15, 0.2) is 0 Å². The van der Waals surface area contributed by atoms with Crippen molar-refractivity contribution in [2.45, 2.75) is 39.8 Å². The molecule has 5 heteroatoms. The van der Waals surface area contributed by atoms with Crippen molar-refractivity contribution in [3.63, 3.8) is 0 Å². The number of hydrogen-bond donors (Lipinski definition) is 1. The lowest BCUT2D eigenvalue weighted by molar-refractivity contribution is -0.140. The van der Waals surface area contributed by atoms with E-state index in [2.05, 4.69) is 21.2 Å². The summed E-state index contributed by atoms with van der Waals surface area (Å²) in [5.74, 6) is -0.202. The largest absolute Gasteiger partial charge is 0.355 e. The van der Waals surface area contributed by atoms with Gasteiger partial charge in [-0.2, -0.15) is 0 Å². The highest BCUT2D eigenvalue weighted by Gasteiger charge is 2.25. The Balaban J connectivity index is 2.21. The standard InChI is InChI=1S/C21H25BrN2O2/c1-4-23-21(26)16(3)24(14-18-6-5-7-19(22)12-18)20(25)13-17-10-8-15(2)9-11-17/h5-12,16H,4,13-14H2,1-3H3,(H,23,26)/t16-/m0/s1. The molecule has 26 heavy (non-hydrogen) atoms. The SMILES string of the molecule is CCNC(=O)[C@H](C)N(Cc1cccc(Br)c1)C(=O)Cc1ccc(C)cc1. The Morgan fingerprint density at radius 1 is 1.12 bits per heavy atom. The summed E-state index contributed by atoms with van der Waals surface area (Å²) in [4.78, 5) is 26.9. The summed E-state index contributed by atoms with van der Waals surface area (Å²) in [6.07, 6.45) is 0.276. The average Bonchev–Trinajstić information content (AvgIpc) is 2.61. The zero-order valence-corrected chi connectivity index (χ0v) is 17.0. The number of halogens is 1. The van der Waals surface area contributed by atoms with E-state index in [1.165, 1.54) is 0 Å². The van der Waals surface area contributed by atoms with Crippen LogP contribution in [0.5, 0.6) is 0 Å². The molecule has 1 N–H and O–H groups in total. The van der Waals surface area contributed by atoms with Crippen LogP contribution < -0.4 is 5.32 Å². The lowest BCUT2D eigenvalue weighted by Crippen LogP contribution is -2.48. The van der Waals surface area contributed by atoms with E-state index >= 15 is 0 Å². The summed E-state index contributed by atoms with van der Waals surface area (Å²) in [6, 6.07) is 15.2. The summed E-state index contributed by atoms with van der Waals surface area (Å²) in [5.41, 5.74) is 3.08. The molecule has 0 unspecified atom stereocenters. The molecule has 2 aromatic carbocycles. The first-order valence-electron chi connectivity index (χ1n) is 8.78. The van der Waals surface area contributed by atoms with Gasteiger partial charge in [0, 0.05) is 17.6 Å².